The molecule has 1 aromatic carbocycles. The SMILES string of the molecule is CCc1c(C(=O)O)nnn1-c1c(F)c(F)c(F)c(F)c1F. The van der Waals surface area contributed by atoms with Crippen molar-refractivity contribution in [2.45, 2.75) is 13.3 Å². The molecule has 1 heterocycles. The molecule has 0 aliphatic heterocycles. The first-order valence-corrected chi connectivity index (χ1v) is 5.50. The molecule has 0 atom stereocenters. The Kier molecular flexibility index (Phi) is 3.62. The van der Waals surface area contributed by atoms with E-state index in [4.69, 9.17) is 5.11 Å². The molecule has 0 saturated carbocycles. The second-order valence-corrected chi connectivity index (χ2v) is 3.87. The first kappa shape index (κ1) is 14.9. The molecule has 1 N–H and O–H groups in total. The maximum atomic E-state index is 13.7. The summed E-state index contributed by atoms with van der Waals surface area (Å²) in [6.07, 6.45) is -0.103. The molecule has 2 rings (SSSR count). The third-order valence-electron chi connectivity index (χ3n) is 2.70. The van der Waals surface area contributed by atoms with Crippen molar-refractivity contribution in [1.29, 1.82) is 0 Å². The van der Waals surface area contributed by atoms with E-state index in [1.807, 2.05) is 0 Å². The van der Waals surface area contributed by atoms with E-state index >= 15 is 0 Å². The van der Waals surface area contributed by atoms with E-state index in [1.54, 1.807) is 0 Å². The van der Waals surface area contributed by atoms with Gasteiger partial charge >= 0.3 is 5.97 Å². The van der Waals surface area contributed by atoms with Gasteiger partial charge in [-0.3, -0.25) is 0 Å². The van der Waals surface area contributed by atoms with Crippen molar-refractivity contribution in [2.24, 2.45) is 0 Å². The predicted molar refractivity (Wildman–Crippen MR) is 57.5 cm³/mol. The monoisotopic (exact) mass is 307 g/mol. The summed E-state index contributed by atoms with van der Waals surface area (Å²) in [6, 6.07) is 0. The maximum absolute atomic E-state index is 13.7. The second kappa shape index (κ2) is 5.11. The lowest BCUT2D eigenvalue weighted by atomic mass is 10.2. The fraction of sp³-hybridized carbons (Fsp3) is 0.182. The molecular weight excluding hydrogens is 301 g/mol. The fourth-order valence-electron chi connectivity index (χ4n) is 1.74. The van der Waals surface area contributed by atoms with Gasteiger partial charge in [0.25, 0.3) is 0 Å². The minimum absolute atomic E-state index is 0.103. The quantitative estimate of drug-likeness (QED) is 0.536. The number of carbonyl (C=O) groups is 1. The molecule has 0 aliphatic carbocycles. The molecule has 0 unspecified atom stereocenters. The number of hydrogen-bond acceptors (Lipinski definition) is 3. The number of carboxylic acids is 1. The molecule has 0 saturated heterocycles. The number of aromatic nitrogens is 3. The maximum Gasteiger partial charge on any atom is 0.358 e. The van der Waals surface area contributed by atoms with E-state index in [1.165, 1.54) is 6.92 Å². The third kappa shape index (κ3) is 2.12. The van der Waals surface area contributed by atoms with E-state index in [2.05, 4.69) is 10.3 Å². The molecule has 5 nitrogen and oxygen atoms in total. The smallest absolute Gasteiger partial charge is 0.358 e. The highest BCUT2D eigenvalue weighted by atomic mass is 19.2. The molecular formula is C11H6F5N3O2. The molecule has 1 aromatic heterocycles. The van der Waals surface area contributed by atoms with Crippen LogP contribution >= 0.6 is 0 Å². The summed E-state index contributed by atoms with van der Waals surface area (Å²) in [4.78, 5) is 10.9. The van der Waals surface area contributed by atoms with Crippen molar-refractivity contribution < 1.29 is 31.9 Å². The van der Waals surface area contributed by atoms with Gasteiger partial charge in [0, 0.05) is 0 Å². The van der Waals surface area contributed by atoms with Crippen LogP contribution in [0, 0.1) is 29.1 Å². The number of halogens is 5. The highest BCUT2D eigenvalue weighted by Gasteiger charge is 2.30. The fourth-order valence-corrected chi connectivity index (χ4v) is 1.74. The van der Waals surface area contributed by atoms with E-state index in [9.17, 15) is 26.7 Å². The van der Waals surface area contributed by atoms with Gasteiger partial charge in [0.2, 0.25) is 5.82 Å². The van der Waals surface area contributed by atoms with Crippen LogP contribution in [0.3, 0.4) is 0 Å². The van der Waals surface area contributed by atoms with Gasteiger partial charge in [-0.1, -0.05) is 12.1 Å². The Morgan fingerprint density at radius 1 is 1.05 bits per heavy atom. The Hall–Kier alpha value is -2.52. The summed E-state index contributed by atoms with van der Waals surface area (Å²) >= 11 is 0. The molecule has 0 amide bonds. The number of carboxylic acid groups (broad SMARTS) is 1. The minimum atomic E-state index is -2.31. The van der Waals surface area contributed by atoms with E-state index in [0.29, 0.717) is 4.68 Å². The molecule has 0 fully saturated rings. The van der Waals surface area contributed by atoms with Gasteiger partial charge in [-0.2, -0.15) is 0 Å². The van der Waals surface area contributed by atoms with Gasteiger partial charge in [0.05, 0.1) is 5.69 Å². The first-order valence-electron chi connectivity index (χ1n) is 5.50. The molecule has 0 spiro atoms. The Morgan fingerprint density at radius 3 is 1.95 bits per heavy atom. The first-order chi connectivity index (χ1) is 9.81. The molecule has 10 heteroatoms. The van der Waals surface area contributed by atoms with Crippen LogP contribution in [0.1, 0.15) is 23.1 Å². The van der Waals surface area contributed by atoms with Crippen molar-refractivity contribution in [1.82, 2.24) is 15.0 Å². The van der Waals surface area contributed by atoms with Gasteiger partial charge in [-0.25, -0.2) is 31.4 Å². The second-order valence-electron chi connectivity index (χ2n) is 3.87. The standard InChI is InChI=1S/C11H6F5N3O2/c1-2-3-9(11(20)21)17-18-19(3)10-7(15)5(13)4(12)6(14)8(10)16/h2H2,1H3,(H,20,21). The number of benzene rings is 1. The van der Waals surface area contributed by atoms with Crippen molar-refractivity contribution in [3.63, 3.8) is 0 Å². The lowest BCUT2D eigenvalue weighted by Gasteiger charge is -2.09. The number of hydrogen-bond donors (Lipinski definition) is 1. The minimum Gasteiger partial charge on any atom is -0.476 e. The zero-order valence-corrected chi connectivity index (χ0v) is 10.3. The van der Waals surface area contributed by atoms with Crippen LogP contribution in [0.2, 0.25) is 0 Å². The van der Waals surface area contributed by atoms with Crippen molar-refractivity contribution in [3.8, 4) is 5.69 Å². The number of nitrogens with zero attached hydrogens (tertiary/aromatic N) is 3. The molecule has 0 bridgehead atoms. The van der Waals surface area contributed by atoms with Crippen LogP contribution in [0.5, 0.6) is 0 Å². The topological polar surface area (TPSA) is 68.0 Å². The average Bonchev–Trinajstić information content (AvgIpc) is 2.87. The van der Waals surface area contributed by atoms with Crippen LogP contribution in [-0.4, -0.2) is 26.1 Å². The average molecular weight is 307 g/mol. The summed E-state index contributed by atoms with van der Waals surface area (Å²) < 4.78 is 66.9. The lowest BCUT2D eigenvalue weighted by molar-refractivity contribution is 0.0689. The van der Waals surface area contributed by atoms with Gasteiger partial charge in [-0.05, 0) is 6.42 Å². The summed E-state index contributed by atoms with van der Waals surface area (Å²) in [5, 5.41) is 15.2. The summed E-state index contributed by atoms with van der Waals surface area (Å²) in [5.41, 5.74) is -2.31. The molecule has 2 aromatic rings. The van der Waals surface area contributed by atoms with Crippen LogP contribution in [-0.2, 0) is 6.42 Å². The van der Waals surface area contributed by atoms with Crippen molar-refractivity contribution in [3.05, 3.63) is 40.5 Å². The molecule has 0 aliphatic rings. The summed E-state index contributed by atoms with van der Waals surface area (Å²) in [7, 11) is 0. The van der Waals surface area contributed by atoms with Crippen LogP contribution in [0.15, 0.2) is 0 Å². The molecule has 0 radical (unpaired) electrons. The van der Waals surface area contributed by atoms with E-state index < -0.39 is 46.4 Å². The normalized spacial score (nSPS) is 11.0. The zero-order chi connectivity index (χ0) is 15.9. The van der Waals surface area contributed by atoms with Crippen LogP contribution < -0.4 is 0 Å². The van der Waals surface area contributed by atoms with Gasteiger partial charge in [0.15, 0.2) is 29.0 Å². The lowest BCUT2D eigenvalue weighted by Crippen LogP contribution is -2.13. The predicted octanol–water partition coefficient (Wildman–Crippen LogP) is 2.22. The molecule has 112 valence electrons. The summed E-state index contributed by atoms with van der Waals surface area (Å²) in [6.45, 7) is 1.41. The Bertz CT molecular complexity index is 715. The van der Waals surface area contributed by atoms with Crippen LogP contribution in [0.25, 0.3) is 5.69 Å². The summed E-state index contributed by atoms with van der Waals surface area (Å²) in [5.74, 6) is -12.4. The number of rotatable bonds is 3. The van der Waals surface area contributed by atoms with Gasteiger partial charge in [0.1, 0.15) is 5.69 Å². The van der Waals surface area contributed by atoms with Gasteiger partial charge in [-0.15, -0.1) is 5.10 Å². The van der Waals surface area contributed by atoms with E-state index in [0.717, 1.165) is 0 Å². The van der Waals surface area contributed by atoms with Gasteiger partial charge < -0.3 is 5.11 Å². The van der Waals surface area contributed by atoms with Crippen molar-refractivity contribution >= 4 is 5.97 Å². The zero-order valence-electron chi connectivity index (χ0n) is 10.3. The molecule has 21 heavy (non-hydrogen) atoms. The largest absolute Gasteiger partial charge is 0.476 e. The van der Waals surface area contributed by atoms with E-state index in [-0.39, 0.29) is 12.1 Å². The Balaban J connectivity index is 2.83. The highest BCUT2D eigenvalue weighted by Crippen LogP contribution is 2.27. The third-order valence-corrected chi connectivity index (χ3v) is 2.70. The highest BCUT2D eigenvalue weighted by molar-refractivity contribution is 5.86. The number of aromatic carboxylic acids is 1. The van der Waals surface area contributed by atoms with Crippen molar-refractivity contribution in [2.75, 3.05) is 0 Å². The Labute approximate surface area is 113 Å². The van der Waals surface area contributed by atoms with Crippen LogP contribution in [0.4, 0.5) is 22.0 Å². The Morgan fingerprint density at radius 2 is 1.52 bits per heavy atom.